The Morgan fingerprint density at radius 2 is 2.05 bits per heavy atom. The predicted molar refractivity (Wildman–Crippen MR) is 76.2 cm³/mol. The van der Waals surface area contributed by atoms with Gasteiger partial charge in [0.15, 0.2) is 5.89 Å². The number of hydrogen-bond donors (Lipinski definition) is 1. The normalized spacial score (nSPS) is 11.6. The number of hydrogen-bond acceptors (Lipinski definition) is 3. The molecule has 4 heteroatoms. The number of unbranched alkanes of at least 4 members (excludes halogenated alkanes) is 1. The van der Waals surface area contributed by atoms with Gasteiger partial charge in [0.2, 0.25) is 5.91 Å². The molecule has 0 bridgehead atoms. The minimum atomic E-state index is -0.0909. The summed E-state index contributed by atoms with van der Waals surface area (Å²) in [5.74, 6) is 1.66. The highest BCUT2D eigenvalue weighted by atomic mass is 16.4. The molecule has 1 rings (SSSR count). The van der Waals surface area contributed by atoms with Gasteiger partial charge in [-0.2, -0.15) is 0 Å². The van der Waals surface area contributed by atoms with Crippen LogP contribution in [0.5, 0.6) is 0 Å². The van der Waals surface area contributed by atoms with Crippen molar-refractivity contribution in [1.29, 1.82) is 0 Å². The molecule has 0 spiro atoms. The van der Waals surface area contributed by atoms with Crippen LogP contribution in [0.15, 0.2) is 4.42 Å². The predicted octanol–water partition coefficient (Wildman–Crippen LogP) is 3.13. The monoisotopic (exact) mass is 266 g/mol. The van der Waals surface area contributed by atoms with Gasteiger partial charge in [0, 0.05) is 24.8 Å². The minimum absolute atomic E-state index is 0.0848. The molecule has 0 atom stereocenters. The molecule has 0 saturated carbocycles. The number of aromatic nitrogens is 1. The van der Waals surface area contributed by atoms with Gasteiger partial charge in [0.1, 0.15) is 5.76 Å². The van der Waals surface area contributed by atoms with Gasteiger partial charge in [-0.3, -0.25) is 4.79 Å². The van der Waals surface area contributed by atoms with Crippen molar-refractivity contribution in [2.75, 3.05) is 6.54 Å². The molecule has 19 heavy (non-hydrogen) atoms. The molecule has 1 aromatic rings. The van der Waals surface area contributed by atoms with E-state index in [2.05, 4.69) is 38.0 Å². The highest BCUT2D eigenvalue weighted by Crippen LogP contribution is 2.24. The summed E-state index contributed by atoms with van der Waals surface area (Å²) in [6, 6.07) is 0. The zero-order chi connectivity index (χ0) is 14.5. The molecule has 0 aliphatic carbocycles. The molecule has 0 aromatic carbocycles. The van der Waals surface area contributed by atoms with Crippen LogP contribution in [0.4, 0.5) is 0 Å². The van der Waals surface area contributed by atoms with E-state index in [0.29, 0.717) is 12.8 Å². The van der Waals surface area contributed by atoms with Gasteiger partial charge in [0.25, 0.3) is 0 Å². The van der Waals surface area contributed by atoms with Gasteiger partial charge in [-0.15, -0.1) is 0 Å². The highest BCUT2D eigenvalue weighted by Gasteiger charge is 2.22. The molecular formula is C15H26N2O2. The van der Waals surface area contributed by atoms with Crippen molar-refractivity contribution in [1.82, 2.24) is 10.3 Å². The second kappa shape index (κ2) is 6.73. The minimum Gasteiger partial charge on any atom is -0.445 e. The van der Waals surface area contributed by atoms with Gasteiger partial charge >= 0.3 is 0 Å². The molecule has 0 saturated heterocycles. The molecule has 1 aromatic heterocycles. The maximum absolute atomic E-state index is 11.6. The standard InChI is InChI=1S/C15H26N2O2/c1-6-7-10-16-13(18)9-8-12-11(2)17-14(19-12)15(3,4)5/h6-10H2,1-5H3,(H,16,18). The van der Waals surface area contributed by atoms with Crippen molar-refractivity contribution < 1.29 is 9.21 Å². The zero-order valence-electron chi connectivity index (χ0n) is 12.8. The largest absolute Gasteiger partial charge is 0.445 e. The molecule has 4 nitrogen and oxygen atoms in total. The summed E-state index contributed by atoms with van der Waals surface area (Å²) in [6.07, 6.45) is 3.20. The maximum atomic E-state index is 11.6. The Morgan fingerprint density at radius 3 is 2.58 bits per heavy atom. The molecular weight excluding hydrogens is 240 g/mol. The summed E-state index contributed by atoms with van der Waals surface area (Å²) in [6.45, 7) is 11.0. The Hall–Kier alpha value is -1.32. The molecule has 0 radical (unpaired) electrons. The lowest BCUT2D eigenvalue weighted by molar-refractivity contribution is -0.121. The lowest BCUT2D eigenvalue weighted by Crippen LogP contribution is -2.24. The van der Waals surface area contributed by atoms with E-state index in [1.807, 2.05) is 6.92 Å². The summed E-state index contributed by atoms with van der Waals surface area (Å²) in [5, 5.41) is 2.91. The van der Waals surface area contributed by atoms with Gasteiger partial charge in [-0.05, 0) is 13.3 Å². The summed E-state index contributed by atoms with van der Waals surface area (Å²) in [7, 11) is 0. The van der Waals surface area contributed by atoms with Crippen LogP contribution in [0.3, 0.4) is 0 Å². The zero-order valence-corrected chi connectivity index (χ0v) is 12.8. The van der Waals surface area contributed by atoms with Crippen molar-refractivity contribution >= 4 is 5.91 Å². The Labute approximate surface area is 116 Å². The first-order valence-electron chi connectivity index (χ1n) is 7.08. The van der Waals surface area contributed by atoms with Crippen LogP contribution in [0, 0.1) is 6.92 Å². The lowest BCUT2D eigenvalue weighted by atomic mass is 9.97. The van der Waals surface area contributed by atoms with Gasteiger partial charge in [0.05, 0.1) is 5.69 Å². The van der Waals surface area contributed by atoms with Crippen LogP contribution in [-0.4, -0.2) is 17.4 Å². The summed E-state index contributed by atoms with van der Waals surface area (Å²) < 4.78 is 5.76. The fourth-order valence-corrected chi connectivity index (χ4v) is 1.70. The molecule has 1 N–H and O–H groups in total. The van der Waals surface area contributed by atoms with E-state index in [1.54, 1.807) is 0 Å². The van der Waals surface area contributed by atoms with E-state index >= 15 is 0 Å². The number of carbonyl (C=O) groups is 1. The van der Waals surface area contributed by atoms with Gasteiger partial charge < -0.3 is 9.73 Å². The lowest BCUT2D eigenvalue weighted by Gasteiger charge is -2.12. The van der Waals surface area contributed by atoms with E-state index in [1.165, 1.54) is 0 Å². The Kier molecular flexibility index (Phi) is 5.58. The number of aryl methyl sites for hydroxylation is 2. The van der Waals surface area contributed by atoms with Crippen LogP contribution in [0.2, 0.25) is 0 Å². The molecule has 0 aliphatic heterocycles. The topological polar surface area (TPSA) is 55.1 Å². The number of nitrogens with one attached hydrogen (secondary N) is 1. The first-order chi connectivity index (χ1) is 8.84. The summed E-state index contributed by atoms with van der Waals surface area (Å²) >= 11 is 0. The maximum Gasteiger partial charge on any atom is 0.220 e. The van der Waals surface area contributed by atoms with Crippen molar-refractivity contribution in [3.05, 3.63) is 17.3 Å². The second-order valence-corrected chi connectivity index (χ2v) is 5.98. The van der Waals surface area contributed by atoms with E-state index in [-0.39, 0.29) is 11.3 Å². The third-order valence-electron chi connectivity index (χ3n) is 2.97. The van der Waals surface area contributed by atoms with Crippen molar-refractivity contribution in [3.63, 3.8) is 0 Å². The van der Waals surface area contributed by atoms with Crippen LogP contribution in [0.1, 0.15) is 64.3 Å². The van der Waals surface area contributed by atoms with Crippen LogP contribution in [0.25, 0.3) is 0 Å². The van der Waals surface area contributed by atoms with E-state index < -0.39 is 0 Å². The molecule has 0 aliphatic rings. The fourth-order valence-electron chi connectivity index (χ4n) is 1.70. The number of rotatable bonds is 6. The molecule has 0 unspecified atom stereocenters. The van der Waals surface area contributed by atoms with E-state index in [4.69, 9.17) is 4.42 Å². The second-order valence-electron chi connectivity index (χ2n) is 5.98. The van der Waals surface area contributed by atoms with Crippen LogP contribution >= 0.6 is 0 Å². The van der Waals surface area contributed by atoms with Crippen LogP contribution < -0.4 is 5.32 Å². The molecule has 108 valence electrons. The average molecular weight is 266 g/mol. The molecule has 1 amide bonds. The van der Waals surface area contributed by atoms with Crippen LogP contribution in [-0.2, 0) is 16.6 Å². The molecule has 1 heterocycles. The average Bonchev–Trinajstić information content (AvgIpc) is 2.68. The fraction of sp³-hybridized carbons (Fsp3) is 0.733. The smallest absolute Gasteiger partial charge is 0.220 e. The first-order valence-corrected chi connectivity index (χ1v) is 7.08. The van der Waals surface area contributed by atoms with E-state index in [9.17, 15) is 4.79 Å². The van der Waals surface area contributed by atoms with E-state index in [0.717, 1.165) is 36.7 Å². The highest BCUT2D eigenvalue weighted by molar-refractivity contribution is 5.76. The number of nitrogens with zero attached hydrogens (tertiary/aromatic N) is 1. The Balaban J connectivity index is 2.49. The van der Waals surface area contributed by atoms with Crippen molar-refractivity contribution in [2.24, 2.45) is 0 Å². The number of amides is 1. The van der Waals surface area contributed by atoms with Gasteiger partial charge in [-0.1, -0.05) is 34.1 Å². The third-order valence-corrected chi connectivity index (χ3v) is 2.97. The number of oxazole rings is 1. The Morgan fingerprint density at radius 1 is 1.37 bits per heavy atom. The van der Waals surface area contributed by atoms with Crippen molar-refractivity contribution in [2.45, 2.75) is 65.7 Å². The number of carbonyl (C=O) groups excluding carboxylic acids is 1. The first kappa shape index (κ1) is 15.7. The molecule has 0 fully saturated rings. The summed E-state index contributed by atoms with van der Waals surface area (Å²) in [4.78, 5) is 16.1. The Bertz CT molecular complexity index is 416. The summed E-state index contributed by atoms with van der Waals surface area (Å²) in [5.41, 5.74) is 0.804. The van der Waals surface area contributed by atoms with Gasteiger partial charge in [-0.25, -0.2) is 4.98 Å². The van der Waals surface area contributed by atoms with Crippen molar-refractivity contribution in [3.8, 4) is 0 Å². The SMILES string of the molecule is CCCCNC(=O)CCc1oc(C(C)(C)C)nc1C. The quantitative estimate of drug-likeness (QED) is 0.805. The third kappa shape index (κ3) is 5.05.